The van der Waals surface area contributed by atoms with Gasteiger partial charge in [-0.3, -0.25) is 4.79 Å². The van der Waals surface area contributed by atoms with Crippen LogP contribution in [-0.2, 0) is 4.79 Å². The van der Waals surface area contributed by atoms with Gasteiger partial charge in [0.2, 0.25) is 11.1 Å². The monoisotopic (exact) mass is 467 g/mol. The minimum atomic E-state index is -0.512. The molecule has 3 aromatic rings. The zero-order valence-corrected chi connectivity index (χ0v) is 18.7. The highest BCUT2D eigenvalue weighted by Gasteiger charge is 2.21. The molecule has 1 unspecified atom stereocenters. The molecular formula is C19H19Cl2N5O3S. The number of nitrogens with zero attached hydrogens (tertiary/aromatic N) is 3. The van der Waals surface area contributed by atoms with Gasteiger partial charge >= 0.3 is 0 Å². The Morgan fingerprint density at radius 1 is 1.13 bits per heavy atom. The molecule has 3 rings (SSSR count). The Kier molecular flexibility index (Phi) is 6.96. The summed E-state index contributed by atoms with van der Waals surface area (Å²) in [6.45, 7) is 1.74. The van der Waals surface area contributed by atoms with Gasteiger partial charge in [-0.05, 0) is 25.1 Å². The van der Waals surface area contributed by atoms with Crippen molar-refractivity contribution in [3.05, 3.63) is 46.4 Å². The Hall–Kier alpha value is -2.62. The second kappa shape index (κ2) is 9.46. The standard InChI is InChI=1S/C19H19Cl2N5O3S/c1-10(18(27)23-12-7-13(28-2)9-14(8-12)29-3)30-19-25-24-17(26(19)22)15-5-4-11(20)6-16(15)21/h4-10H,22H2,1-3H3,(H,23,27). The predicted molar refractivity (Wildman–Crippen MR) is 119 cm³/mol. The van der Waals surface area contributed by atoms with Crippen molar-refractivity contribution in [2.75, 3.05) is 25.4 Å². The van der Waals surface area contributed by atoms with Crippen molar-refractivity contribution in [2.24, 2.45) is 0 Å². The quantitative estimate of drug-likeness (QED) is 0.397. The number of carbonyl (C=O) groups excluding carboxylic acids is 1. The van der Waals surface area contributed by atoms with Gasteiger partial charge in [-0.2, -0.15) is 0 Å². The van der Waals surface area contributed by atoms with Crippen LogP contribution in [0, 0.1) is 0 Å². The van der Waals surface area contributed by atoms with Crippen LogP contribution in [-0.4, -0.2) is 40.3 Å². The zero-order chi connectivity index (χ0) is 21.8. The number of nitrogens with one attached hydrogen (secondary N) is 1. The molecule has 3 N–H and O–H groups in total. The van der Waals surface area contributed by atoms with E-state index in [1.54, 1.807) is 43.3 Å². The molecule has 1 amide bonds. The van der Waals surface area contributed by atoms with E-state index in [9.17, 15) is 4.79 Å². The van der Waals surface area contributed by atoms with Crippen molar-refractivity contribution < 1.29 is 14.3 Å². The van der Waals surface area contributed by atoms with E-state index in [1.807, 2.05) is 0 Å². The molecular weight excluding hydrogens is 449 g/mol. The lowest BCUT2D eigenvalue weighted by molar-refractivity contribution is -0.115. The first-order valence-corrected chi connectivity index (χ1v) is 10.3. The summed E-state index contributed by atoms with van der Waals surface area (Å²) >= 11 is 13.3. The predicted octanol–water partition coefficient (Wildman–Crippen LogP) is 4.10. The number of benzene rings is 2. The normalized spacial score (nSPS) is 11.8. The van der Waals surface area contributed by atoms with E-state index in [-0.39, 0.29) is 5.91 Å². The van der Waals surface area contributed by atoms with E-state index in [0.717, 1.165) is 11.8 Å². The van der Waals surface area contributed by atoms with E-state index in [1.165, 1.54) is 18.9 Å². The Morgan fingerprint density at radius 2 is 1.80 bits per heavy atom. The summed E-state index contributed by atoms with van der Waals surface area (Å²) in [5, 5.41) is 11.8. The van der Waals surface area contributed by atoms with Crippen molar-refractivity contribution in [3.8, 4) is 22.9 Å². The van der Waals surface area contributed by atoms with Crippen LogP contribution >= 0.6 is 35.0 Å². The number of methoxy groups -OCH3 is 2. The van der Waals surface area contributed by atoms with Gasteiger partial charge in [0.15, 0.2) is 5.82 Å². The lowest BCUT2D eigenvalue weighted by atomic mass is 10.2. The lowest BCUT2D eigenvalue weighted by Gasteiger charge is -2.13. The molecule has 1 atom stereocenters. The third-order valence-corrected chi connectivity index (χ3v) is 5.71. The molecule has 0 aliphatic heterocycles. The van der Waals surface area contributed by atoms with Crippen molar-refractivity contribution in [1.82, 2.24) is 14.9 Å². The molecule has 0 saturated carbocycles. The number of hydrogen-bond acceptors (Lipinski definition) is 7. The first kappa shape index (κ1) is 22.1. The maximum absolute atomic E-state index is 12.6. The molecule has 0 spiro atoms. The summed E-state index contributed by atoms with van der Waals surface area (Å²) in [5.41, 5.74) is 1.13. The fraction of sp³-hybridized carbons (Fsp3) is 0.211. The Balaban J connectivity index is 1.74. The van der Waals surface area contributed by atoms with Crippen LogP contribution in [0.5, 0.6) is 11.5 Å². The summed E-state index contributed by atoms with van der Waals surface area (Å²) in [5.74, 6) is 7.38. The molecule has 0 bridgehead atoms. The molecule has 2 aromatic carbocycles. The average molecular weight is 468 g/mol. The molecule has 1 aromatic heterocycles. The molecule has 11 heteroatoms. The number of ether oxygens (including phenoxy) is 2. The van der Waals surface area contributed by atoms with Gasteiger partial charge in [0.25, 0.3) is 0 Å². The van der Waals surface area contributed by atoms with E-state index in [0.29, 0.717) is 43.8 Å². The van der Waals surface area contributed by atoms with Gasteiger partial charge in [-0.25, -0.2) is 4.68 Å². The van der Waals surface area contributed by atoms with Gasteiger partial charge in [0.1, 0.15) is 11.5 Å². The first-order valence-electron chi connectivity index (χ1n) is 8.69. The second-order valence-electron chi connectivity index (χ2n) is 6.15. The summed E-state index contributed by atoms with van der Waals surface area (Å²) in [7, 11) is 3.08. The fourth-order valence-electron chi connectivity index (χ4n) is 2.55. The van der Waals surface area contributed by atoms with Crippen LogP contribution in [0.1, 0.15) is 6.92 Å². The summed E-state index contributed by atoms with van der Waals surface area (Å²) < 4.78 is 11.7. The van der Waals surface area contributed by atoms with Crippen LogP contribution in [0.2, 0.25) is 10.0 Å². The van der Waals surface area contributed by atoms with Crippen molar-refractivity contribution in [1.29, 1.82) is 0 Å². The minimum absolute atomic E-state index is 0.246. The number of carbonyl (C=O) groups is 1. The molecule has 0 fully saturated rings. The zero-order valence-electron chi connectivity index (χ0n) is 16.3. The number of halogens is 2. The average Bonchev–Trinajstić information content (AvgIpc) is 3.07. The number of anilines is 1. The smallest absolute Gasteiger partial charge is 0.237 e. The number of amides is 1. The topological polar surface area (TPSA) is 104 Å². The Morgan fingerprint density at radius 3 is 2.40 bits per heavy atom. The minimum Gasteiger partial charge on any atom is -0.497 e. The van der Waals surface area contributed by atoms with Gasteiger partial charge in [0.05, 0.1) is 24.5 Å². The third kappa shape index (κ3) is 4.92. The molecule has 1 heterocycles. The Labute approximate surface area is 187 Å². The molecule has 0 radical (unpaired) electrons. The maximum Gasteiger partial charge on any atom is 0.237 e. The number of nitrogens with two attached hydrogens (primary N) is 1. The SMILES string of the molecule is COc1cc(NC(=O)C(C)Sc2nnc(-c3ccc(Cl)cc3Cl)n2N)cc(OC)c1. The van der Waals surface area contributed by atoms with Gasteiger partial charge < -0.3 is 20.6 Å². The highest BCUT2D eigenvalue weighted by molar-refractivity contribution is 8.00. The van der Waals surface area contributed by atoms with Crippen LogP contribution < -0.4 is 20.6 Å². The first-order chi connectivity index (χ1) is 14.3. The molecule has 0 aliphatic rings. The summed E-state index contributed by atoms with van der Waals surface area (Å²) in [4.78, 5) is 12.6. The van der Waals surface area contributed by atoms with E-state index in [2.05, 4.69) is 15.5 Å². The second-order valence-corrected chi connectivity index (χ2v) is 8.30. The van der Waals surface area contributed by atoms with E-state index >= 15 is 0 Å². The highest BCUT2D eigenvalue weighted by Crippen LogP contribution is 2.31. The van der Waals surface area contributed by atoms with Gasteiger partial charge in [-0.1, -0.05) is 35.0 Å². The van der Waals surface area contributed by atoms with Crippen molar-refractivity contribution >= 4 is 46.6 Å². The van der Waals surface area contributed by atoms with Crippen molar-refractivity contribution in [3.63, 3.8) is 0 Å². The van der Waals surface area contributed by atoms with Crippen LogP contribution in [0.3, 0.4) is 0 Å². The molecule has 30 heavy (non-hydrogen) atoms. The lowest BCUT2D eigenvalue weighted by Crippen LogP contribution is -2.23. The third-order valence-electron chi connectivity index (χ3n) is 4.11. The number of nitrogen functional groups attached to an aromatic ring is 1. The van der Waals surface area contributed by atoms with Crippen molar-refractivity contribution in [2.45, 2.75) is 17.3 Å². The van der Waals surface area contributed by atoms with Gasteiger partial charge in [0, 0.05) is 34.5 Å². The van der Waals surface area contributed by atoms with Crippen LogP contribution in [0.15, 0.2) is 41.6 Å². The largest absolute Gasteiger partial charge is 0.497 e. The van der Waals surface area contributed by atoms with E-state index < -0.39 is 5.25 Å². The highest BCUT2D eigenvalue weighted by atomic mass is 35.5. The number of thioether (sulfide) groups is 1. The molecule has 0 aliphatic carbocycles. The molecule has 0 saturated heterocycles. The summed E-state index contributed by atoms with van der Waals surface area (Å²) in [6.07, 6.45) is 0. The Bertz CT molecular complexity index is 1050. The molecule has 158 valence electrons. The van der Waals surface area contributed by atoms with Crippen LogP contribution in [0.25, 0.3) is 11.4 Å². The number of hydrogen-bond donors (Lipinski definition) is 2. The molecule has 8 nitrogen and oxygen atoms in total. The summed E-state index contributed by atoms with van der Waals surface area (Å²) in [6, 6.07) is 10.1. The van der Waals surface area contributed by atoms with Crippen LogP contribution in [0.4, 0.5) is 5.69 Å². The number of aromatic nitrogens is 3. The number of rotatable bonds is 7. The fourth-order valence-corrected chi connectivity index (χ4v) is 3.81. The maximum atomic E-state index is 12.6. The van der Waals surface area contributed by atoms with E-state index in [4.69, 9.17) is 38.5 Å². The van der Waals surface area contributed by atoms with Gasteiger partial charge in [-0.15, -0.1) is 10.2 Å².